The van der Waals surface area contributed by atoms with Crippen LogP contribution in [0.2, 0.25) is 0 Å². The summed E-state index contributed by atoms with van der Waals surface area (Å²) in [6.07, 6.45) is 3.69. The minimum atomic E-state index is -0.189. The number of ether oxygens (including phenoxy) is 2. The van der Waals surface area contributed by atoms with Crippen LogP contribution in [-0.4, -0.2) is 55.8 Å². The molecule has 2 N–H and O–H groups in total. The van der Waals surface area contributed by atoms with Crippen LogP contribution in [0, 0.1) is 6.92 Å². The Bertz CT molecular complexity index is 809. The fraction of sp³-hybridized carbons (Fsp3) is 0.476. The third-order valence-corrected chi connectivity index (χ3v) is 4.69. The summed E-state index contributed by atoms with van der Waals surface area (Å²) in [5.41, 5.74) is 0. The summed E-state index contributed by atoms with van der Waals surface area (Å²) in [4.78, 5) is 23.3. The van der Waals surface area contributed by atoms with Gasteiger partial charge < -0.3 is 25.0 Å². The monoisotopic (exact) mass is 399 g/mol. The lowest BCUT2D eigenvalue weighted by Crippen LogP contribution is -2.33. The SMILES string of the molecule is COc1ccccc1OCC(=O)NCCNc1cc(N2CCCCC2)nc(C)n1. The predicted octanol–water partition coefficient (Wildman–Crippen LogP) is 2.39. The van der Waals surface area contributed by atoms with E-state index in [1.807, 2.05) is 25.1 Å². The molecule has 1 fully saturated rings. The van der Waals surface area contributed by atoms with E-state index in [0.29, 0.717) is 24.6 Å². The van der Waals surface area contributed by atoms with Crippen molar-refractivity contribution in [2.75, 3.05) is 50.1 Å². The largest absolute Gasteiger partial charge is 0.493 e. The van der Waals surface area contributed by atoms with E-state index >= 15 is 0 Å². The van der Waals surface area contributed by atoms with E-state index < -0.39 is 0 Å². The molecule has 0 bridgehead atoms. The highest BCUT2D eigenvalue weighted by Gasteiger charge is 2.14. The number of carbonyl (C=O) groups is 1. The molecule has 0 saturated carbocycles. The molecule has 0 radical (unpaired) electrons. The van der Waals surface area contributed by atoms with Crippen molar-refractivity contribution >= 4 is 17.5 Å². The Labute approximate surface area is 171 Å². The number of piperidine rings is 1. The van der Waals surface area contributed by atoms with Crippen LogP contribution in [0.25, 0.3) is 0 Å². The van der Waals surface area contributed by atoms with Crippen molar-refractivity contribution in [1.29, 1.82) is 0 Å². The molecule has 2 aromatic rings. The number of rotatable bonds is 9. The molecule has 0 unspecified atom stereocenters. The normalized spacial score (nSPS) is 13.7. The first-order chi connectivity index (χ1) is 14.2. The minimum Gasteiger partial charge on any atom is -0.493 e. The Balaban J connectivity index is 1.42. The van der Waals surface area contributed by atoms with Crippen molar-refractivity contribution in [2.24, 2.45) is 0 Å². The van der Waals surface area contributed by atoms with Gasteiger partial charge in [0.15, 0.2) is 18.1 Å². The van der Waals surface area contributed by atoms with Gasteiger partial charge in [-0.25, -0.2) is 9.97 Å². The zero-order chi connectivity index (χ0) is 20.5. The smallest absolute Gasteiger partial charge is 0.258 e. The topological polar surface area (TPSA) is 88.6 Å². The van der Waals surface area contributed by atoms with Crippen molar-refractivity contribution in [3.05, 3.63) is 36.2 Å². The van der Waals surface area contributed by atoms with Crippen LogP contribution in [0.5, 0.6) is 11.5 Å². The summed E-state index contributed by atoms with van der Waals surface area (Å²) in [5.74, 6) is 3.44. The third-order valence-electron chi connectivity index (χ3n) is 4.69. The van der Waals surface area contributed by atoms with Crippen LogP contribution in [0.15, 0.2) is 30.3 Å². The number of carbonyl (C=O) groups excluding carboxylic acids is 1. The van der Waals surface area contributed by atoms with E-state index in [1.165, 1.54) is 19.3 Å². The molecule has 8 heteroatoms. The second kappa shape index (κ2) is 10.5. The average Bonchev–Trinajstić information content (AvgIpc) is 2.75. The Hall–Kier alpha value is -3.03. The van der Waals surface area contributed by atoms with Crippen molar-refractivity contribution in [3.63, 3.8) is 0 Å². The second-order valence-electron chi connectivity index (χ2n) is 6.92. The van der Waals surface area contributed by atoms with E-state index in [-0.39, 0.29) is 12.5 Å². The number of para-hydroxylation sites is 2. The van der Waals surface area contributed by atoms with Gasteiger partial charge in [-0.3, -0.25) is 4.79 Å². The van der Waals surface area contributed by atoms with Crippen LogP contribution in [0.3, 0.4) is 0 Å². The first-order valence-electron chi connectivity index (χ1n) is 10.0. The molecule has 0 atom stereocenters. The third kappa shape index (κ3) is 6.23. The minimum absolute atomic E-state index is 0.0634. The standard InChI is InChI=1S/C21H29N5O3/c1-16-24-19(14-20(25-16)26-12-6-3-7-13-26)22-10-11-23-21(27)15-29-18-9-5-4-8-17(18)28-2/h4-5,8-9,14H,3,6-7,10-13,15H2,1-2H3,(H,23,27)(H,22,24,25). The highest BCUT2D eigenvalue weighted by molar-refractivity contribution is 5.77. The number of methoxy groups -OCH3 is 1. The van der Waals surface area contributed by atoms with Gasteiger partial charge in [-0.05, 0) is 38.3 Å². The van der Waals surface area contributed by atoms with Crippen LogP contribution in [0.4, 0.5) is 11.6 Å². The van der Waals surface area contributed by atoms with Crippen LogP contribution >= 0.6 is 0 Å². The molecule has 8 nitrogen and oxygen atoms in total. The fourth-order valence-corrected chi connectivity index (χ4v) is 3.25. The Morgan fingerprint density at radius 2 is 1.86 bits per heavy atom. The highest BCUT2D eigenvalue weighted by atomic mass is 16.5. The molecular weight excluding hydrogens is 370 g/mol. The van der Waals surface area contributed by atoms with Gasteiger partial charge in [-0.15, -0.1) is 0 Å². The van der Waals surface area contributed by atoms with Crippen LogP contribution < -0.4 is 25.0 Å². The molecule has 0 aliphatic carbocycles. The van der Waals surface area contributed by atoms with Gasteiger partial charge in [-0.2, -0.15) is 0 Å². The van der Waals surface area contributed by atoms with Crippen molar-refractivity contribution < 1.29 is 14.3 Å². The molecule has 1 aliphatic heterocycles. The van der Waals surface area contributed by atoms with Gasteiger partial charge in [0.2, 0.25) is 0 Å². The number of hydrogen-bond donors (Lipinski definition) is 2. The van der Waals surface area contributed by atoms with Crippen molar-refractivity contribution in [3.8, 4) is 11.5 Å². The Morgan fingerprint density at radius 1 is 1.10 bits per heavy atom. The average molecular weight is 399 g/mol. The Kier molecular flexibility index (Phi) is 7.49. The van der Waals surface area contributed by atoms with Gasteiger partial charge in [0, 0.05) is 32.2 Å². The van der Waals surface area contributed by atoms with Crippen molar-refractivity contribution in [1.82, 2.24) is 15.3 Å². The zero-order valence-electron chi connectivity index (χ0n) is 17.1. The lowest BCUT2D eigenvalue weighted by atomic mass is 10.1. The molecule has 156 valence electrons. The van der Waals surface area contributed by atoms with Gasteiger partial charge >= 0.3 is 0 Å². The maximum absolute atomic E-state index is 12.0. The van der Waals surface area contributed by atoms with E-state index in [0.717, 1.165) is 30.5 Å². The number of nitrogens with one attached hydrogen (secondary N) is 2. The maximum Gasteiger partial charge on any atom is 0.258 e. The van der Waals surface area contributed by atoms with Gasteiger partial charge in [0.25, 0.3) is 5.91 Å². The number of aromatic nitrogens is 2. The lowest BCUT2D eigenvalue weighted by molar-refractivity contribution is -0.123. The zero-order valence-corrected chi connectivity index (χ0v) is 17.1. The van der Waals surface area contributed by atoms with Crippen LogP contribution in [-0.2, 0) is 4.79 Å². The number of hydrogen-bond acceptors (Lipinski definition) is 7. The summed E-state index contributed by atoms with van der Waals surface area (Å²) < 4.78 is 10.7. The number of aryl methyl sites for hydroxylation is 1. The van der Waals surface area contributed by atoms with Gasteiger partial charge in [0.05, 0.1) is 7.11 Å². The summed E-state index contributed by atoms with van der Waals surface area (Å²) in [6, 6.07) is 9.22. The summed E-state index contributed by atoms with van der Waals surface area (Å²) in [6.45, 7) is 4.95. The molecule has 1 aromatic carbocycles. The first-order valence-corrected chi connectivity index (χ1v) is 10.0. The van der Waals surface area contributed by atoms with Gasteiger partial charge in [-0.1, -0.05) is 12.1 Å². The molecule has 29 heavy (non-hydrogen) atoms. The summed E-state index contributed by atoms with van der Waals surface area (Å²) in [7, 11) is 1.57. The molecule has 3 rings (SSSR count). The molecular formula is C21H29N5O3. The summed E-state index contributed by atoms with van der Waals surface area (Å²) >= 11 is 0. The van der Waals surface area contributed by atoms with E-state index in [9.17, 15) is 4.79 Å². The summed E-state index contributed by atoms with van der Waals surface area (Å²) in [5, 5.41) is 6.09. The van der Waals surface area contributed by atoms with E-state index in [2.05, 4.69) is 25.5 Å². The second-order valence-corrected chi connectivity index (χ2v) is 6.92. The van der Waals surface area contributed by atoms with Crippen LogP contribution in [0.1, 0.15) is 25.1 Å². The number of benzene rings is 1. The number of amides is 1. The number of anilines is 2. The highest BCUT2D eigenvalue weighted by Crippen LogP contribution is 2.25. The number of nitrogens with zero attached hydrogens (tertiary/aromatic N) is 3. The molecule has 0 spiro atoms. The fourth-order valence-electron chi connectivity index (χ4n) is 3.25. The molecule has 1 aromatic heterocycles. The molecule has 1 aliphatic rings. The first kappa shape index (κ1) is 20.7. The molecule has 1 saturated heterocycles. The molecule has 1 amide bonds. The Morgan fingerprint density at radius 3 is 2.62 bits per heavy atom. The maximum atomic E-state index is 12.0. The predicted molar refractivity (Wildman–Crippen MR) is 113 cm³/mol. The van der Waals surface area contributed by atoms with E-state index in [1.54, 1.807) is 19.2 Å². The molecule has 2 heterocycles. The van der Waals surface area contributed by atoms with E-state index in [4.69, 9.17) is 9.47 Å². The van der Waals surface area contributed by atoms with Crippen molar-refractivity contribution in [2.45, 2.75) is 26.2 Å². The van der Waals surface area contributed by atoms with Gasteiger partial charge in [0.1, 0.15) is 17.5 Å². The quantitative estimate of drug-likeness (QED) is 0.626. The lowest BCUT2D eigenvalue weighted by Gasteiger charge is -2.28.